The number of hydrogen-bond acceptors (Lipinski definition) is 12. The molecule has 9 atom stereocenters. The quantitative estimate of drug-likeness (QED) is 0.0942. The predicted molar refractivity (Wildman–Crippen MR) is 275 cm³/mol. The van der Waals surface area contributed by atoms with E-state index < -0.39 is 110 Å². The van der Waals surface area contributed by atoms with Crippen molar-refractivity contribution < 1.29 is 56.9 Å². The van der Waals surface area contributed by atoms with E-state index in [0.717, 1.165) is 0 Å². The van der Waals surface area contributed by atoms with Gasteiger partial charge in [0, 0.05) is 20.0 Å². The fourth-order valence-electron chi connectivity index (χ4n) is 10.2. The number of nitrogens with zero attached hydrogens (tertiary/aromatic N) is 2. The van der Waals surface area contributed by atoms with Crippen LogP contribution in [0, 0.1) is 17.8 Å². The van der Waals surface area contributed by atoms with Crippen molar-refractivity contribution >= 4 is 50.0 Å². The van der Waals surface area contributed by atoms with Crippen LogP contribution in [0.4, 0.5) is 4.79 Å². The number of fused-ring (bicyclic) bond motifs is 1. The molecule has 3 rings (SSSR count). The number of likely N-dealkylation sites (N-methyl/N-ethyl adjacent to an activating group) is 1. The summed E-state index contributed by atoms with van der Waals surface area (Å²) in [5.41, 5.74) is -0.116. The van der Waals surface area contributed by atoms with Crippen LogP contribution >= 0.6 is 0 Å². The van der Waals surface area contributed by atoms with Crippen molar-refractivity contribution in [2.45, 2.75) is 220 Å². The number of alkyl carbamates (subject to hydrolysis) is 1. The summed E-state index contributed by atoms with van der Waals surface area (Å²) in [5.74, 6) is -4.35. The Labute approximate surface area is 425 Å². The van der Waals surface area contributed by atoms with E-state index in [0.29, 0.717) is 30.6 Å². The number of cyclic esters (lactones) is 2. The maximum Gasteiger partial charge on any atom is 0.408 e. The third-order valence-electron chi connectivity index (χ3n) is 14.1. The number of amides is 5. The average Bonchev–Trinajstić information content (AvgIpc) is 3.77. The minimum atomic E-state index is -2.84. The molecule has 0 aromatic heterocycles. The highest BCUT2D eigenvalue weighted by Crippen LogP contribution is 2.44. The molecule has 2 saturated heterocycles. The van der Waals surface area contributed by atoms with Gasteiger partial charge in [-0.3, -0.25) is 24.0 Å². The second kappa shape index (κ2) is 26.3. The number of carbonyl (C=O) groups excluding carboxylic acids is 7. The van der Waals surface area contributed by atoms with E-state index >= 15 is 4.79 Å². The molecule has 0 unspecified atom stereocenters. The second-order valence-electron chi connectivity index (χ2n) is 22.4. The highest BCUT2D eigenvalue weighted by molar-refractivity contribution is 6.77. The van der Waals surface area contributed by atoms with Gasteiger partial charge in [0.05, 0.1) is 25.7 Å². The molecule has 5 amide bonds. The van der Waals surface area contributed by atoms with E-state index in [2.05, 4.69) is 57.5 Å². The average molecular weight is 1020 g/mol. The maximum atomic E-state index is 15.1. The summed E-state index contributed by atoms with van der Waals surface area (Å²) in [6.45, 7) is 30.6. The molecule has 71 heavy (non-hydrogen) atoms. The van der Waals surface area contributed by atoms with Crippen molar-refractivity contribution in [3.8, 4) is 5.75 Å². The van der Waals surface area contributed by atoms with Gasteiger partial charge in [-0.25, -0.2) is 9.59 Å². The summed E-state index contributed by atoms with van der Waals surface area (Å²) in [5, 5.41) is 8.70. The Hall–Kier alpha value is -4.71. The first-order chi connectivity index (χ1) is 33.0. The van der Waals surface area contributed by atoms with Crippen LogP contribution < -0.4 is 20.7 Å². The van der Waals surface area contributed by atoms with Gasteiger partial charge in [-0.2, -0.15) is 0 Å². The smallest absolute Gasteiger partial charge is 0.408 e. The van der Waals surface area contributed by atoms with Gasteiger partial charge in [0.25, 0.3) is 5.91 Å². The van der Waals surface area contributed by atoms with E-state index in [9.17, 15) is 28.8 Å². The van der Waals surface area contributed by atoms with Gasteiger partial charge in [0.1, 0.15) is 41.6 Å². The molecule has 0 saturated carbocycles. The highest BCUT2D eigenvalue weighted by atomic mass is 28.4. The number of hydrogen-bond donors (Lipinski definition) is 3. The monoisotopic (exact) mass is 1020 g/mol. The minimum Gasteiger partial charge on any atom is -0.497 e. The standard InChI is InChI=1S/C53H89N5O12Si/c1-19-35(12)44-42(70-71(32(6)7,33(8)9)34(10)11)29-43(59)68-46(31(4)5)48(61)54-39(27-30(2)3)49(62)58-26-20-21-40(58)50(63)57(17)41(28-37-22-24-38(66-18)25-23-37)51(64)67-36(13)45(47(60)55-44)56-52(65)69-53(14,15)16/h22-25,30-36,39-42,44-46H,19-21,26-29H2,1-18H3,(H,54,61)(H,55,60)(H,56,65)/t35-,36+,39-,40-,41-,42-,44+,45-,46-/m0/s1. The lowest BCUT2D eigenvalue weighted by atomic mass is 9.92. The van der Waals surface area contributed by atoms with E-state index in [4.69, 9.17) is 23.4 Å². The number of carbonyl (C=O) groups is 7. The molecule has 2 heterocycles. The zero-order chi connectivity index (χ0) is 53.9. The van der Waals surface area contributed by atoms with Gasteiger partial charge in [-0.15, -0.1) is 0 Å². The molecule has 0 spiro atoms. The van der Waals surface area contributed by atoms with Crippen molar-refractivity contribution in [1.82, 2.24) is 25.8 Å². The maximum absolute atomic E-state index is 15.1. The Kier molecular flexibility index (Phi) is 22.4. The summed E-state index contributed by atoms with van der Waals surface area (Å²) in [6.07, 6.45) is -3.43. The Morgan fingerprint density at radius 2 is 1.45 bits per heavy atom. The largest absolute Gasteiger partial charge is 0.497 e. The molecule has 1 aromatic carbocycles. The van der Waals surface area contributed by atoms with Crippen molar-refractivity contribution in [3.63, 3.8) is 0 Å². The predicted octanol–water partition coefficient (Wildman–Crippen LogP) is 7.47. The summed E-state index contributed by atoms with van der Waals surface area (Å²) >= 11 is 0. The molecule has 17 nitrogen and oxygen atoms in total. The van der Waals surface area contributed by atoms with Crippen molar-refractivity contribution in [1.29, 1.82) is 0 Å². The number of rotatable bonds is 14. The lowest BCUT2D eigenvalue weighted by Crippen LogP contribution is -2.61. The molecular weight excluding hydrogens is 927 g/mol. The van der Waals surface area contributed by atoms with E-state index in [1.165, 1.54) is 30.9 Å². The Balaban J connectivity index is 2.37. The second-order valence-corrected chi connectivity index (χ2v) is 27.8. The van der Waals surface area contributed by atoms with Crippen LogP contribution in [-0.4, -0.2) is 135 Å². The fraction of sp³-hybridized carbons (Fsp3) is 0.755. The lowest BCUT2D eigenvalue weighted by molar-refractivity contribution is -0.162. The molecule has 18 heteroatoms. The minimum absolute atomic E-state index is 0.0201. The van der Waals surface area contributed by atoms with Crippen LogP contribution in [0.25, 0.3) is 0 Å². The SMILES string of the molecule is CC[C@H](C)[C@H]1NC(=O)[C@@H](NC(=O)OC(C)(C)C)[C@@H](C)OC(=O)[C@H](Cc2ccc(OC)cc2)N(C)C(=O)[C@@H]2CCCN2C(=O)[C@H](CC(C)C)NC(=O)[C@H](C(C)C)OC(=O)C[C@@H]1O[Si](C(C)C)(C(C)C)C(C)C. The molecule has 3 N–H and O–H groups in total. The van der Waals surface area contributed by atoms with E-state index in [1.54, 1.807) is 58.9 Å². The molecular formula is C53H89N5O12Si. The molecule has 1 aromatic rings. The molecule has 0 aliphatic carbocycles. The first-order valence-corrected chi connectivity index (χ1v) is 28.0. The van der Waals surface area contributed by atoms with Crippen molar-refractivity contribution in [2.75, 3.05) is 20.7 Å². The molecule has 0 bridgehead atoms. The van der Waals surface area contributed by atoms with Gasteiger partial charge >= 0.3 is 18.0 Å². The van der Waals surface area contributed by atoms with Gasteiger partial charge in [-0.05, 0) is 99.0 Å². The third-order valence-corrected chi connectivity index (χ3v) is 20.2. The Morgan fingerprint density at radius 3 is 1.96 bits per heavy atom. The number of esters is 2. The van der Waals surface area contributed by atoms with Crippen LogP contribution in [-0.2, 0) is 53.8 Å². The Bertz CT molecular complexity index is 1950. The van der Waals surface area contributed by atoms with E-state index in [-0.39, 0.29) is 54.3 Å². The molecule has 402 valence electrons. The van der Waals surface area contributed by atoms with Gasteiger partial charge in [0.15, 0.2) is 6.10 Å². The summed E-state index contributed by atoms with van der Waals surface area (Å²) in [4.78, 5) is 105. The van der Waals surface area contributed by atoms with Crippen LogP contribution in [0.3, 0.4) is 0 Å². The summed E-state index contributed by atoms with van der Waals surface area (Å²) < 4.78 is 30.7. The number of nitrogens with one attached hydrogen (secondary N) is 3. The van der Waals surface area contributed by atoms with Gasteiger partial charge < -0.3 is 49.1 Å². The van der Waals surface area contributed by atoms with Gasteiger partial charge in [0.2, 0.25) is 26.0 Å². The summed E-state index contributed by atoms with van der Waals surface area (Å²) in [7, 11) is 0.167. The zero-order valence-corrected chi connectivity index (χ0v) is 47.1. The molecule has 2 aliphatic rings. The third kappa shape index (κ3) is 16.1. The normalized spacial score (nSPS) is 25.7. The van der Waals surface area contributed by atoms with Crippen LogP contribution in [0.15, 0.2) is 24.3 Å². The van der Waals surface area contributed by atoms with Crippen LogP contribution in [0.5, 0.6) is 5.75 Å². The van der Waals surface area contributed by atoms with Crippen molar-refractivity contribution in [3.05, 3.63) is 29.8 Å². The number of ether oxygens (including phenoxy) is 4. The van der Waals surface area contributed by atoms with Crippen molar-refractivity contribution in [2.24, 2.45) is 17.8 Å². The topological polar surface area (TPSA) is 208 Å². The summed E-state index contributed by atoms with van der Waals surface area (Å²) in [6, 6.07) is 1.23. The fourth-order valence-corrected chi connectivity index (χ4v) is 15.8. The number of methoxy groups -OCH3 is 1. The van der Waals surface area contributed by atoms with E-state index in [1.807, 2.05) is 27.7 Å². The van der Waals surface area contributed by atoms with Gasteiger partial charge in [-0.1, -0.05) is 102 Å². The number of benzene rings is 1. The highest BCUT2D eigenvalue weighted by Gasteiger charge is 2.50. The van der Waals surface area contributed by atoms with Crippen LogP contribution in [0.2, 0.25) is 16.6 Å². The lowest BCUT2D eigenvalue weighted by Gasteiger charge is -2.47. The first-order valence-electron chi connectivity index (χ1n) is 25.9. The zero-order valence-electron chi connectivity index (χ0n) is 46.1. The van der Waals surface area contributed by atoms with Crippen LogP contribution in [0.1, 0.15) is 148 Å². The first kappa shape index (κ1) is 60.6. The molecule has 0 radical (unpaired) electrons. The Morgan fingerprint density at radius 1 is 0.859 bits per heavy atom. The molecule has 2 aliphatic heterocycles. The molecule has 2 fully saturated rings.